The molecule has 2 aromatic heterocycles. The molecule has 0 fully saturated rings. The van der Waals surface area contributed by atoms with Crippen molar-refractivity contribution in [2.24, 2.45) is 0 Å². The zero-order valence-electron chi connectivity index (χ0n) is 21.3. The second-order valence-electron chi connectivity index (χ2n) is 9.94. The molecule has 1 atom stereocenters. The van der Waals surface area contributed by atoms with Gasteiger partial charge in [0, 0.05) is 28.5 Å². The smallest absolute Gasteiger partial charge is 0.230 e. The Labute approximate surface area is 230 Å². The highest BCUT2D eigenvalue weighted by Crippen LogP contribution is 2.42. The highest BCUT2D eigenvalue weighted by atomic mass is 32.2. The molecule has 192 valence electrons. The Kier molecular flexibility index (Phi) is 8.19. The number of carbonyl (C=O) groups is 1. The van der Waals surface area contributed by atoms with Crippen LogP contribution in [0.5, 0.6) is 0 Å². The molecule has 0 aliphatic carbocycles. The average Bonchev–Trinajstić information content (AvgIpc) is 3.24. The van der Waals surface area contributed by atoms with E-state index in [1.54, 1.807) is 23.1 Å². The Hall–Kier alpha value is -2.39. The number of rotatable bonds is 9. The van der Waals surface area contributed by atoms with Crippen LogP contribution in [0, 0.1) is 0 Å². The van der Waals surface area contributed by atoms with Crippen LogP contribution in [0.1, 0.15) is 42.3 Å². The van der Waals surface area contributed by atoms with Crippen molar-refractivity contribution in [3.63, 3.8) is 0 Å². The monoisotopic (exact) mass is 549 g/mol. The first-order valence-corrected chi connectivity index (χ1v) is 15.2. The molecular formula is C29H31N3O2S3. The summed E-state index contributed by atoms with van der Waals surface area (Å²) in [5.74, 6) is 1.14. The quantitative estimate of drug-likeness (QED) is 0.143. The molecule has 8 heteroatoms. The first kappa shape index (κ1) is 26.2. The lowest BCUT2D eigenvalue weighted by Gasteiger charge is -2.30. The Morgan fingerprint density at radius 1 is 1.05 bits per heavy atom. The van der Waals surface area contributed by atoms with Gasteiger partial charge in [-0.3, -0.25) is 4.79 Å². The van der Waals surface area contributed by atoms with Crippen molar-refractivity contribution < 1.29 is 9.53 Å². The molecule has 3 heterocycles. The summed E-state index contributed by atoms with van der Waals surface area (Å²) in [5, 5.41) is 5.88. The van der Waals surface area contributed by atoms with E-state index in [2.05, 4.69) is 43.4 Å². The Morgan fingerprint density at radius 2 is 1.76 bits per heavy atom. The zero-order chi connectivity index (χ0) is 25.8. The number of fused-ring (bicyclic) bond motifs is 3. The van der Waals surface area contributed by atoms with E-state index in [0.29, 0.717) is 12.4 Å². The molecule has 0 saturated heterocycles. The molecule has 0 radical (unpaired) electrons. The Morgan fingerprint density at radius 3 is 2.49 bits per heavy atom. The molecule has 1 amide bonds. The summed E-state index contributed by atoms with van der Waals surface area (Å²) in [4.78, 5) is 25.0. The van der Waals surface area contributed by atoms with Gasteiger partial charge in [0.1, 0.15) is 9.86 Å². The van der Waals surface area contributed by atoms with E-state index in [9.17, 15) is 4.79 Å². The minimum absolute atomic E-state index is 0.0199. The number of thiophene rings is 1. The van der Waals surface area contributed by atoms with Crippen LogP contribution >= 0.6 is 34.9 Å². The minimum atomic E-state index is -0.228. The van der Waals surface area contributed by atoms with E-state index in [-0.39, 0.29) is 17.6 Å². The normalized spacial score (nSPS) is 15.3. The fourth-order valence-electron chi connectivity index (χ4n) is 4.45. The number of thioether (sulfide) groups is 2. The first-order chi connectivity index (χ1) is 17.9. The van der Waals surface area contributed by atoms with Crippen molar-refractivity contribution in [2.45, 2.75) is 67.8 Å². The van der Waals surface area contributed by atoms with Gasteiger partial charge in [-0.15, -0.1) is 11.3 Å². The van der Waals surface area contributed by atoms with Gasteiger partial charge in [0.2, 0.25) is 5.91 Å². The van der Waals surface area contributed by atoms with E-state index < -0.39 is 0 Å². The molecule has 1 N–H and O–H groups in total. The van der Waals surface area contributed by atoms with Crippen LogP contribution in [0.25, 0.3) is 10.2 Å². The van der Waals surface area contributed by atoms with Gasteiger partial charge in [-0.2, -0.15) is 0 Å². The molecule has 0 spiro atoms. The van der Waals surface area contributed by atoms with Gasteiger partial charge in [-0.1, -0.05) is 84.2 Å². The van der Waals surface area contributed by atoms with Crippen LogP contribution in [-0.2, 0) is 34.7 Å². The molecule has 0 unspecified atom stereocenters. The summed E-state index contributed by atoms with van der Waals surface area (Å²) in [7, 11) is 0. The molecule has 0 bridgehead atoms. The molecule has 1 aliphatic heterocycles. The predicted molar refractivity (Wildman–Crippen MR) is 154 cm³/mol. The Balaban J connectivity index is 1.35. The number of hydrogen-bond acceptors (Lipinski definition) is 7. The second-order valence-corrected chi connectivity index (χ2v) is 12.9. The van der Waals surface area contributed by atoms with Crippen LogP contribution in [0.4, 0.5) is 0 Å². The molecule has 2 aromatic carbocycles. The first-order valence-electron chi connectivity index (χ1n) is 12.5. The molecule has 1 aliphatic rings. The third-order valence-corrected chi connectivity index (χ3v) is 9.21. The van der Waals surface area contributed by atoms with Gasteiger partial charge >= 0.3 is 0 Å². The average molecular weight is 550 g/mol. The lowest BCUT2D eigenvalue weighted by atomic mass is 9.95. The van der Waals surface area contributed by atoms with Gasteiger partial charge in [-0.25, -0.2) is 9.97 Å². The number of nitrogens with zero attached hydrogens (tertiary/aromatic N) is 2. The minimum Gasteiger partial charge on any atom is -0.370 e. The molecule has 0 saturated carbocycles. The summed E-state index contributed by atoms with van der Waals surface area (Å²) in [6, 6.07) is 20.7. The summed E-state index contributed by atoms with van der Waals surface area (Å²) < 4.78 is 6.07. The van der Waals surface area contributed by atoms with E-state index in [1.807, 2.05) is 43.3 Å². The maximum absolute atomic E-state index is 12.9. The van der Waals surface area contributed by atoms with Crippen LogP contribution in [0.3, 0.4) is 0 Å². The maximum atomic E-state index is 12.9. The standard InChI is InChI=1S/C29H31N3O2S3/c1-19(14-20-10-6-4-7-11-20)30-24(33)18-35-26-25-22-15-29(2,3)34-16-23(22)37-27(25)32-28(31-26)36-17-21-12-8-5-9-13-21/h4-13,19H,14-18H2,1-3H3,(H,30,33)/t19-/m0/s1. The maximum Gasteiger partial charge on any atom is 0.230 e. The van der Waals surface area contributed by atoms with Crippen LogP contribution in [0.15, 0.2) is 70.8 Å². The lowest BCUT2D eigenvalue weighted by molar-refractivity contribution is -0.119. The van der Waals surface area contributed by atoms with Gasteiger partial charge in [0.25, 0.3) is 0 Å². The molecule has 4 aromatic rings. The zero-order valence-corrected chi connectivity index (χ0v) is 23.8. The number of benzene rings is 2. The van der Waals surface area contributed by atoms with Gasteiger partial charge in [0.05, 0.1) is 18.0 Å². The number of ether oxygens (including phenoxy) is 1. The molecule has 5 rings (SSSR count). The summed E-state index contributed by atoms with van der Waals surface area (Å²) in [6.45, 7) is 6.89. The van der Waals surface area contributed by atoms with Gasteiger partial charge in [0.15, 0.2) is 5.16 Å². The third-order valence-electron chi connectivity index (χ3n) is 6.22. The highest BCUT2D eigenvalue weighted by molar-refractivity contribution is 8.00. The molecular weight excluding hydrogens is 519 g/mol. The van der Waals surface area contributed by atoms with E-state index >= 15 is 0 Å². The van der Waals surface area contributed by atoms with Crippen molar-refractivity contribution >= 4 is 51.0 Å². The number of carbonyl (C=O) groups excluding carboxylic acids is 1. The topological polar surface area (TPSA) is 64.1 Å². The van der Waals surface area contributed by atoms with Crippen LogP contribution < -0.4 is 5.32 Å². The van der Waals surface area contributed by atoms with Gasteiger partial charge < -0.3 is 10.1 Å². The van der Waals surface area contributed by atoms with Crippen molar-refractivity contribution in [1.29, 1.82) is 0 Å². The fourth-order valence-corrected chi connectivity index (χ4v) is 7.40. The lowest BCUT2D eigenvalue weighted by Crippen LogP contribution is -2.35. The van der Waals surface area contributed by atoms with Crippen molar-refractivity contribution in [3.8, 4) is 0 Å². The van der Waals surface area contributed by atoms with E-state index in [4.69, 9.17) is 14.7 Å². The van der Waals surface area contributed by atoms with Crippen LogP contribution in [0.2, 0.25) is 0 Å². The molecule has 5 nitrogen and oxygen atoms in total. The summed E-state index contributed by atoms with van der Waals surface area (Å²) >= 11 is 4.84. The van der Waals surface area contributed by atoms with E-state index in [1.165, 1.54) is 33.3 Å². The predicted octanol–water partition coefficient (Wildman–Crippen LogP) is 6.67. The summed E-state index contributed by atoms with van der Waals surface area (Å²) in [5.41, 5.74) is 3.50. The highest BCUT2D eigenvalue weighted by Gasteiger charge is 2.31. The summed E-state index contributed by atoms with van der Waals surface area (Å²) in [6.07, 6.45) is 1.62. The van der Waals surface area contributed by atoms with Crippen molar-refractivity contribution in [2.75, 3.05) is 5.75 Å². The largest absolute Gasteiger partial charge is 0.370 e. The van der Waals surface area contributed by atoms with Crippen molar-refractivity contribution in [3.05, 3.63) is 82.2 Å². The number of nitrogens with one attached hydrogen (secondary N) is 1. The Bertz CT molecular complexity index is 1370. The SMILES string of the molecule is C[C@@H](Cc1ccccc1)NC(=O)CSc1nc(SCc2ccccc2)nc2sc3c(c12)CC(C)(C)OC3. The number of amides is 1. The van der Waals surface area contributed by atoms with Crippen LogP contribution in [-0.4, -0.2) is 33.3 Å². The number of hydrogen-bond donors (Lipinski definition) is 1. The fraction of sp³-hybridized carbons (Fsp3) is 0.345. The van der Waals surface area contributed by atoms with Gasteiger partial charge in [-0.05, 0) is 43.9 Å². The van der Waals surface area contributed by atoms with E-state index in [0.717, 1.165) is 39.0 Å². The van der Waals surface area contributed by atoms with Crippen molar-refractivity contribution in [1.82, 2.24) is 15.3 Å². The second kappa shape index (κ2) is 11.6. The number of aromatic nitrogens is 2. The third kappa shape index (κ3) is 6.74. The molecule has 37 heavy (non-hydrogen) atoms.